The molecule has 3 aromatic rings. The van der Waals surface area contributed by atoms with Gasteiger partial charge in [0.05, 0.1) is 11.5 Å². The summed E-state index contributed by atoms with van der Waals surface area (Å²) in [7, 11) is 0. The van der Waals surface area contributed by atoms with Gasteiger partial charge in [-0.1, -0.05) is 24.3 Å². The van der Waals surface area contributed by atoms with Gasteiger partial charge in [0.15, 0.2) is 0 Å². The zero-order valence-corrected chi connectivity index (χ0v) is 12.3. The first-order valence-electron chi connectivity index (χ1n) is 7.09. The van der Waals surface area contributed by atoms with Gasteiger partial charge in [0, 0.05) is 24.4 Å². The van der Waals surface area contributed by atoms with Crippen LogP contribution in [0.3, 0.4) is 0 Å². The Morgan fingerprint density at radius 3 is 2.35 bits per heavy atom. The minimum atomic E-state index is -0.398. The molecule has 116 valence electrons. The SMILES string of the molecule is O=[N+]([O-])c1ccc(CNc2ccc(Cn3cncn3)cc2)cc1. The number of hydrogen-bond donors (Lipinski definition) is 1. The summed E-state index contributed by atoms with van der Waals surface area (Å²) in [6, 6.07) is 14.6. The standard InChI is InChI=1S/C16H15N5O2/c22-21(23)16-7-3-13(4-8-16)9-18-15-5-1-14(2-6-15)10-20-12-17-11-19-20/h1-8,11-12,18H,9-10H2. The van der Waals surface area contributed by atoms with Crippen molar-refractivity contribution in [3.05, 3.63) is 82.4 Å². The highest BCUT2D eigenvalue weighted by Crippen LogP contribution is 2.15. The molecule has 0 spiro atoms. The summed E-state index contributed by atoms with van der Waals surface area (Å²) in [5, 5.41) is 18.0. The van der Waals surface area contributed by atoms with Crippen LogP contribution in [0.15, 0.2) is 61.2 Å². The Balaban J connectivity index is 1.56. The minimum absolute atomic E-state index is 0.103. The Labute approximate surface area is 132 Å². The van der Waals surface area contributed by atoms with Gasteiger partial charge in [-0.25, -0.2) is 9.67 Å². The van der Waals surface area contributed by atoms with E-state index in [0.717, 1.165) is 16.8 Å². The van der Waals surface area contributed by atoms with Crippen LogP contribution >= 0.6 is 0 Å². The molecule has 0 aliphatic rings. The van der Waals surface area contributed by atoms with Crippen molar-refractivity contribution in [2.45, 2.75) is 13.1 Å². The summed E-state index contributed by atoms with van der Waals surface area (Å²) in [6.07, 6.45) is 3.20. The van der Waals surface area contributed by atoms with Crippen LogP contribution in [0.4, 0.5) is 11.4 Å². The van der Waals surface area contributed by atoms with Crippen molar-refractivity contribution in [1.82, 2.24) is 14.8 Å². The Morgan fingerprint density at radius 1 is 1.04 bits per heavy atom. The van der Waals surface area contributed by atoms with Gasteiger partial charge in [0.2, 0.25) is 0 Å². The quantitative estimate of drug-likeness (QED) is 0.559. The van der Waals surface area contributed by atoms with E-state index < -0.39 is 4.92 Å². The summed E-state index contributed by atoms with van der Waals surface area (Å²) < 4.78 is 1.76. The highest BCUT2D eigenvalue weighted by atomic mass is 16.6. The molecule has 0 amide bonds. The van der Waals surface area contributed by atoms with Crippen molar-refractivity contribution in [3.8, 4) is 0 Å². The molecule has 1 aromatic heterocycles. The fourth-order valence-electron chi connectivity index (χ4n) is 2.17. The first-order chi connectivity index (χ1) is 11.2. The number of anilines is 1. The van der Waals surface area contributed by atoms with Crippen LogP contribution in [0.25, 0.3) is 0 Å². The molecule has 0 atom stereocenters. The first kappa shape index (κ1) is 14.7. The third-order valence-corrected chi connectivity index (χ3v) is 3.41. The van der Waals surface area contributed by atoms with Crippen molar-refractivity contribution >= 4 is 11.4 Å². The molecule has 3 rings (SSSR count). The van der Waals surface area contributed by atoms with Crippen LogP contribution in [0.5, 0.6) is 0 Å². The average molecular weight is 309 g/mol. The Hall–Kier alpha value is -3.22. The molecule has 0 saturated heterocycles. The Kier molecular flexibility index (Phi) is 4.28. The zero-order valence-electron chi connectivity index (χ0n) is 12.3. The van der Waals surface area contributed by atoms with Crippen molar-refractivity contribution in [3.63, 3.8) is 0 Å². The number of aromatic nitrogens is 3. The fourth-order valence-corrected chi connectivity index (χ4v) is 2.17. The molecule has 0 aliphatic heterocycles. The lowest BCUT2D eigenvalue weighted by atomic mass is 10.2. The van der Waals surface area contributed by atoms with Gasteiger partial charge in [0.25, 0.3) is 5.69 Å². The molecule has 0 bridgehead atoms. The lowest BCUT2D eigenvalue weighted by molar-refractivity contribution is -0.384. The van der Waals surface area contributed by atoms with Gasteiger partial charge in [-0.15, -0.1) is 0 Å². The summed E-state index contributed by atoms with van der Waals surface area (Å²) >= 11 is 0. The molecule has 0 saturated carbocycles. The highest BCUT2D eigenvalue weighted by Gasteiger charge is 2.03. The zero-order chi connectivity index (χ0) is 16.1. The van der Waals surface area contributed by atoms with Crippen LogP contribution < -0.4 is 5.32 Å². The smallest absolute Gasteiger partial charge is 0.269 e. The number of benzene rings is 2. The number of nitrogens with zero attached hydrogens (tertiary/aromatic N) is 4. The number of non-ortho nitro benzene ring substituents is 1. The van der Waals surface area contributed by atoms with Crippen LogP contribution in [0.1, 0.15) is 11.1 Å². The topological polar surface area (TPSA) is 85.9 Å². The van der Waals surface area contributed by atoms with E-state index in [1.165, 1.54) is 18.5 Å². The molecule has 0 fully saturated rings. The number of nitrogens with one attached hydrogen (secondary N) is 1. The lowest BCUT2D eigenvalue weighted by Gasteiger charge is -2.08. The van der Waals surface area contributed by atoms with Crippen LogP contribution in [0, 0.1) is 10.1 Å². The second-order valence-corrected chi connectivity index (χ2v) is 5.07. The molecular formula is C16H15N5O2. The number of nitro groups is 1. The average Bonchev–Trinajstić information content (AvgIpc) is 3.07. The van der Waals surface area contributed by atoms with Gasteiger partial charge < -0.3 is 5.32 Å². The van der Waals surface area contributed by atoms with E-state index in [1.807, 2.05) is 24.3 Å². The molecule has 0 unspecified atom stereocenters. The lowest BCUT2D eigenvalue weighted by Crippen LogP contribution is -2.02. The van der Waals surface area contributed by atoms with Crippen molar-refractivity contribution < 1.29 is 4.92 Å². The van der Waals surface area contributed by atoms with E-state index >= 15 is 0 Å². The molecule has 2 aromatic carbocycles. The van der Waals surface area contributed by atoms with Crippen LogP contribution in [0.2, 0.25) is 0 Å². The van der Waals surface area contributed by atoms with E-state index in [1.54, 1.807) is 23.1 Å². The van der Waals surface area contributed by atoms with Crippen LogP contribution in [-0.4, -0.2) is 19.7 Å². The largest absolute Gasteiger partial charge is 0.381 e. The molecule has 7 heteroatoms. The predicted octanol–water partition coefficient (Wildman–Crippen LogP) is 2.85. The number of nitro benzene ring substituents is 1. The molecule has 1 heterocycles. The van der Waals surface area contributed by atoms with E-state index in [4.69, 9.17) is 0 Å². The summed E-state index contributed by atoms with van der Waals surface area (Å²) in [4.78, 5) is 14.1. The first-order valence-corrected chi connectivity index (χ1v) is 7.09. The monoisotopic (exact) mass is 309 g/mol. The van der Waals surface area contributed by atoms with E-state index in [9.17, 15) is 10.1 Å². The summed E-state index contributed by atoms with van der Waals surface area (Å²) in [6.45, 7) is 1.29. The fraction of sp³-hybridized carbons (Fsp3) is 0.125. The maximum atomic E-state index is 10.6. The second kappa shape index (κ2) is 6.69. The van der Waals surface area contributed by atoms with E-state index in [2.05, 4.69) is 15.4 Å². The summed E-state index contributed by atoms with van der Waals surface area (Å²) in [5.41, 5.74) is 3.22. The Morgan fingerprint density at radius 2 is 1.74 bits per heavy atom. The molecule has 23 heavy (non-hydrogen) atoms. The van der Waals surface area contributed by atoms with Crippen molar-refractivity contribution in [1.29, 1.82) is 0 Å². The van der Waals surface area contributed by atoms with Gasteiger partial charge in [-0.2, -0.15) is 5.10 Å². The normalized spacial score (nSPS) is 10.4. The highest BCUT2D eigenvalue weighted by molar-refractivity contribution is 5.45. The maximum absolute atomic E-state index is 10.6. The summed E-state index contributed by atoms with van der Waals surface area (Å²) in [5.74, 6) is 0. The van der Waals surface area contributed by atoms with Gasteiger partial charge in [-0.05, 0) is 23.3 Å². The van der Waals surface area contributed by atoms with E-state index in [-0.39, 0.29) is 5.69 Å². The predicted molar refractivity (Wildman–Crippen MR) is 86.0 cm³/mol. The Bertz CT molecular complexity index is 767. The maximum Gasteiger partial charge on any atom is 0.269 e. The minimum Gasteiger partial charge on any atom is -0.381 e. The molecule has 7 nitrogen and oxygen atoms in total. The van der Waals surface area contributed by atoms with Gasteiger partial charge in [-0.3, -0.25) is 10.1 Å². The van der Waals surface area contributed by atoms with Crippen molar-refractivity contribution in [2.75, 3.05) is 5.32 Å². The molecule has 1 N–H and O–H groups in total. The number of rotatable bonds is 6. The van der Waals surface area contributed by atoms with Crippen molar-refractivity contribution in [2.24, 2.45) is 0 Å². The van der Waals surface area contributed by atoms with Gasteiger partial charge in [0.1, 0.15) is 12.7 Å². The third-order valence-electron chi connectivity index (χ3n) is 3.41. The second-order valence-electron chi connectivity index (χ2n) is 5.07. The number of hydrogen-bond acceptors (Lipinski definition) is 5. The molecule has 0 aliphatic carbocycles. The molecular weight excluding hydrogens is 294 g/mol. The van der Waals surface area contributed by atoms with E-state index in [0.29, 0.717) is 13.1 Å². The van der Waals surface area contributed by atoms with Crippen LogP contribution in [-0.2, 0) is 13.1 Å². The molecule has 0 radical (unpaired) electrons. The third kappa shape index (κ3) is 3.91. The van der Waals surface area contributed by atoms with Gasteiger partial charge >= 0.3 is 0 Å².